The highest BCUT2D eigenvalue weighted by atomic mass is 32.3. The Morgan fingerprint density at radius 3 is 2.25 bits per heavy atom. The van der Waals surface area contributed by atoms with Gasteiger partial charge in [-0.05, 0) is 38.8 Å². The zero-order valence-electron chi connectivity index (χ0n) is 11.9. The molecule has 0 amide bonds. The summed E-state index contributed by atoms with van der Waals surface area (Å²) in [6.07, 6.45) is 2.96. The molecule has 0 aliphatic carbocycles. The van der Waals surface area contributed by atoms with Crippen LogP contribution in [0.5, 0.6) is 0 Å². The van der Waals surface area contributed by atoms with Gasteiger partial charge >= 0.3 is 10.2 Å². The lowest BCUT2D eigenvalue weighted by molar-refractivity contribution is 0.292. The van der Waals surface area contributed by atoms with E-state index in [0.717, 1.165) is 12.8 Å². The van der Waals surface area contributed by atoms with Gasteiger partial charge in [-0.15, -0.1) is 0 Å². The lowest BCUT2D eigenvalue weighted by Crippen LogP contribution is -2.41. The maximum atomic E-state index is 12.6. The van der Waals surface area contributed by atoms with Crippen LogP contribution in [0.4, 0.5) is 0 Å². The first-order chi connectivity index (χ1) is 9.15. The summed E-state index contributed by atoms with van der Waals surface area (Å²) < 4.78 is 42.5. The molecular weight excluding hydrogens is 296 g/mol. The molecule has 0 bridgehead atoms. The van der Waals surface area contributed by atoms with E-state index in [2.05, 4.69) is 3.77 Å². The first kappa shape index (κ1) is 15.5. The Morgan fingerprint density at radius 2 is 1.75 bits per heavy atom. The van der Waals surface area contributed by atoms with E-state index in [1.165, 1.54) is 10.6 Å². The predicted molar refractivity (Wildman–Crippen MR) is 80.1 cm³/mol. The molecule has 1 aromatic carbocycles. The second-order valence-electron chi connectivity index (χ2n) is 5.66. The maximum Gasteiger partial charge on any atom is 0.330 e. The highest BCUT2D eigenvalue weighted by Gasteiger charge is 2.40. The molecule has 0 saturated carbocycles. The van der Waals surface area contributed by atoms with Crippen molar-refractivity contribution in [3.63, 3.8) is 0 Å². The molecule has 2 rings (SSSR count). The van der Waals surface area contributed by atoms with Gasteiger partial charge in [-0.2, -0.15) is 12.7 Å². The standard InChI is InChI=1S/C13H20N2O3S2/c1-13(2)10-7-11-15(13)20(17,18)14-19(3,16)12-8-5-4-6-9-12/h4-6,8-9H,7,10-11H2,1-3H3. The normalized spacial score (nSPS) is 22.4. The Labute approximate surface area is 121 Å². The summed E-state index contributed by atoms with van der Waals surface area (Å²) in [6.45, 7) is 4.17. The second-order valence-corrected chi connectivity index (χ2v) is 9.67. The van der Waals surface area contributed by atoms with Crippen LogP contribution in [0.25, 0.3) is 0 Å². The van der Waals surface area contributed by atoms with Crippen molar-refractivity contribution in [3.8, 4) is 0 Å². The van der Waals surface area contributed by atoms with Gasteiger partial charge in [0.15, 0.2) is 0 Å². The van der Waals surface area contributed by atoms with Crippen LogP contribution in [-0.2, 0) is 19.9 Å². The van der Waals surface area contributed by atoms with E-state index >= 15 is 0 Å². The van der Waals surface area contributed by atoms with Gasteiger partial charge in [-0.3, -0.25) is 0 Å². The Bertz CT molecular complexity index is 702. The molecule has 1 unspecified atom stereocenters. The van der Waals surface area contributed by atoms with Crippen molar-refractivity contribution in [1.29, 1.82) is 0 Å². The minimum atomic E-state index is -3.89. The van der Waals surface area contributed by atoms with E-state index in [1.807, 2.05) is 13.8 Å². The average Bonchev–Trinajstić information content (AvgIpc) is 2.70. The summed E-state index contributed by atoms with van der Waals surface area (Å²) in [5, 5.41) is 0. The second kappa shape index (κ2) is 5.13. The first-order valence-electron chi connectivity index (χ1n) is 6.46. The van der Waals surface area contributed by atoms with Crippen LogP contribution in [0.3, 0.4) is 0 Å². The predicted octanol–water partition coefficient (Wildman–Crippen LogP) is 2.26. The summed E-state index contributed by atoms with van der Waals surface area (Å²) >= 11 is 0. The van der Waals surface area contributed by atoms with Crippen LogP contribution in [0.2, 0.25) is 0 Å². The van der Waals surface area contributed by atoms with E-state index in [1.54, 1.807) is 30.3 Å². The third-order valence-corrected chi connectivity index (χ3v) is 7.79. The molecule has 5 nitrogen and oxygen atoms in total. The van der Waals surface area contributed by atoms with Crippen LogP contribution in [0, 0.1) is 0 Å². The first-order valence-corrected chi connectivity index (χ1v) is 9.78. The fourth-order valence-corrected chi connectivity index (χ4v) is 6.29. The molecule has 1 aliphatic heterocycles. The third-order valence-electron chi connectivity index (χ3n) is 3.52. The highest BCUT2D eigenvalue weighted by molar-refractivity contribution is 8.02. The van der Waals surface area contributed by atoms with E-state index < -0.39 is 25.5 Å². The Morgan fingerprint density at radius 1 is 1.15 bits per heavy atom. The van der Waals surface area contributed by atoms with Gasteiger partial charge < -0.3 is 0 Å². The van der Waals surface area contributed by atoms with Crippen LogP contribution in [-0.4, -0.2) is 35.3 Å². The Kier molecular flexibility index (Phi) is 3.96. The fourth-order valence-electron chi connectivity index (χ4n) is 2.45. The summed E-state index contributed by atoms with van der Waals surface area (Å²) in [6, 6.07) is 8.50. The topological polar surface area (TPSA) is 66.8 Å². The number of hydrogen-bond donors (Lipinski definition) is 0. The molecule has 20 heavy (non-hydrogen) atoms. The van der Waals surface area contributed by atoms with Gasteiger partial charge in [-0.25, -0.2) is 4.21 Å². The van der Waals surface area contributed by atoms with Gasteiger partial charge in [0.2, 0.25) is 0 Å². The van der Waals surface area contributed by atoms with Crippen molar-refractivity contribution in [2.75, 3.05) is 12.8 Å². The summed E-state index contributed by atoms with van der Waals surface area (Å²) in [4.78, 5) is 0.431. The van der Waals surface area contributed by atoms with E-state index in [-0.39, 0.29) is 0 Å². The van der Waals surface area contributed by atoms with Crippen molar-refractivity contribution < 1.29 is 12.6 Å². The van der Waals surface area contributed by atoms with Crippen molar-refractivity contribution in [3.05, 3.63) is 30.3 Å². The molecule has 1 saturated heterocycles. The third kappa shape index (κ3) is 3.05. The van der Waals surface area contributed by atoms with Gasteiger partial charge in [0.1, 0.15) is 0 Å². The van der Waals surface area contributed by atoms with Crippen LogP contribution in [0.1, 0.15) is 26.7 Å². The number of nitrogens with zero attached hydrogens (tertiary/aromatic N) is 2. The molecule has 1 fully saturated rings. The van der Waals surface area contributed by atoms with Crippen LogP contribution >= 0.6 is 0 Å². The van der Waals surface area contributed by atoms with Gasteiger partial charge in [-0.1, -0.05) is 22.0 Å². The number of rotatable bonds is 3. The van der Waals surface area contributed by atoms with Crippen molar-refractivity contribution in [2.24, 2.45) is 3.77 Å². The molecule has 1 aromatic rings. The summed E-state index contributed by atoms with van der Waals surface area (Å²) in [5.74, 6) is 0. The lowest BCUT2D eigenvalue weighted by atomic mass is 10.0. The molecule has 0 radical (unpaired) electrons. The minimum absolute atomic E-state index is 0.431. The van der Waals surface area contributed by atoms with Crippen molar-refractivity contribution >= 4 is 19.9 Å². The van der Waals surface area contributed by atoms with Crippen molar-refractivity contribution in [2.45, 2.75) is 37.1 Å². The van der Waals surface area contributed by atoms with E-state index in [9.17, 15) is 12.6 Å². The van der Waals surface area contributed by atoms with E-state index in [0.29, 0.717) is 11.4 Å². The molecule has 0 N–H and O–H groups in total. The van der Waals surface area contributed by atoms with Gasteiger partial charge in [0.25, 0.3) is 0 Å². The van der Waals surface area contributed by atoms with Crippen molar-refractivity contribution in [1.82, 2.24) is 4.31 Å². The zero-order valence-corrected chi connectivity index (χ0v) is 13.6. The SMILES string of the molecule is CC1(C)CCCN1S(=O)(=O)N=S(C)(=O)c1ccccc1. The fraction of sp³-hybridized carbons (Fsp3) is 0.538. The van der Waals surface area contributed by atoms with Crippen LogP contribution in [0.15, 0.2) is 39.0 Å². The monoisotopic (exact) mass is 316 g/mol. The van der Waals surface area contributed by atoms with E-state index in [4.69, 9.17) is 0 Å². The molecule has 1 atom stereocenters. The molecule has 1 heterocycles. The zero-order chi connectivity index (χ0) is 15.0. The molecule has 0 aromatic heterocycles. The van der Waals surface area contributed by atoms with Crippen LogP contribution < -0.4 is 0 Å². The molecule has 112 valence electrons. The summed E-state index contributed by atoms with van der Waals surface area (Å²) in [5.41, 5.74) is -0.464. The average molecular weight is 316 g/mol. The van der Waals surface area contributed by atoms with Gasteiger partial charge in [0.05, 0.1) is 9.73 Å². The van der Waals surface area contributed by atoms with Gasteiger partial charge in [0, 0.05) is 23.2 Å². The largest absolute Gasteiger partial charge is 0.330 e. The highest BCUT2D eigenvalue weighted by Crippen LogP contribution is 2.32. The quantitative estimate of drug-likeness (QED) is 0.859. The number of hydrogen-bond acceptors (Lipinski definition) is 3. The Balaban J connectivity index is 2.46. The number of benzene rings is 1. The molecule has 1 aliphatic rings. The maximum absolute atomic E-state index is 12.6. The molecule has 0 spiro atoms. The smallest absolute Gasteiger partial charge is 0.244 e. The summed E-state index contributed by atoms with van der Waals surface area (Å²) in [7, 11) is -6.85. The molecular formula is C13H20N2O3S2. The molecule has 7 heteroatoms. The minimum Gasteiger partial charge on any atom is -0.244 e. The lowest BCUT2D eigenvalue weighted by Gasteiger charge is -2.28. The Hall–Kier alpha value is -0.920.